The molecule has 0 bridgehead atoms. The Hall–Kier alpha value is -2.97. The summed E-state index contributed by atoms with van der Waals surface area (Å²) in [5.41, 5.74) is 2.05. The van der Waals surface area contributed by atoms with Crippen LogP contribution in [0.25, 0.3) is 0 Å². The molecule has 0 amide bonds. The Kier molecular flexibility index (Phi) is 6.23. The van der Waals surface area contributed by atoms with Crippen LogP contribution in [0, 0.1) is 0 Å². The van der Waals surface area contributed by atoms with E-state index in [0.29, 0.717) is 12.5 Å². The number of hydrogen-bond donors (Lipinski definition) is 2. The molecule has 0 saturated carbocycles. The van der Waals surface area contributed by atoms with E-state index in [-0.39, 0.29) is 4.90 Å². The third kappa shape index (κ3) is 5.05. The number of hydrogen-bond acceptors (Lipinski definition) is 6. The lowest BCUT2D eigenvalue weighted by atomic mass is 10.1. The molecule has 1 aromatic heterocycles. The van der Waals surface area contributed by atoms with Crippen LogP contribution in [-0.4, -0.2) is 31.5 Å². The standard InChI is InChI=1S/C20H23N5O2S/c1-2-25(17-6-4-3-5-7-17)20-23-15-13-19(24-20)22-14-12-16-8-10-18(11-9-16)28(21,26)27/h3-11,13,15H,2,12,14H2,1H3,(H2,21,26,27)(H,22,23,24). The average molecular weight is 398 g/mol. The van der Waals surface area contributed by atoms with Gasteiger partial charge in [-0.1, -0.05) is 30.3 Å². The van der Waals surface area contributed by atoms with E-state index < -0.39 is 10.0 Å². The molecule has 0 spiro atoms. The second-order valence-electron chi connectivity index (χ2n) is 6.19. The zero-order chi connectivity index (χ0) is 20.0. The monoisotopic (exact) mass is 397 g/mol. The largest absolute Gasteiger partial charge is 0.370 e. The third-order valence-electron chi connectivity index (χ3n) is 4.24. The fourth-order valence-corrected chi connectivity index (χ4v) is 3.32. The molecule has 0 unspecified atom stereocenters. The zero-order valence-corrected chi connectivity index (χ0v) is 16.4. The fourth-order valence-electron chi connectivity index (χ4n) is 2.81. The van der Waals surface area contributed by atoms with Crippen molar-refractivity contribution in [2.75, 3.05) is 23.3 Å². The molecule has 0 fully saturated rings. The SMILES string of the molecule is CCN(c1ccccc1)c1nccc(NCCc2ccc(S(N)(=O)=O)cc2)n1. The molecule has 2 aromatic carbocycles. The molecule has 146 valence electrons. The molecule has 0 saturated heterocycles. The summed E-state index contributed by atoms with van der Waals surface area (Å²) in [6.45, 7) is 3.47. The van der Waals surface area contributed by atoms with Gasteiger partial charge in [0, 0.05) is 25.0 Å². The van der Waals surface area contributed by atoms with Gasteiger partial charge in [0.2, 0.25) is 16.0 Å². The van der Waals surface area contributed by atoms with Crippen molar-refractivity contribution >= 4 is 27.5 Å². The number of sulfonamides is 1. The summed E-state index contributed by atoms with van der Waals surface area (Å²) in [5.74, 6) is 1.37. The molecule has 8 heteroatoms. The molecule has 3 N–H and O–H groups in total. The molecule has 3 aromatic rings. The first-order valence-electron chi connectivity index (χ1n) is 8.98. The molecule has 28 heavy (non-hydrogen) atoms. The van der Waals surface area contributed by atoms with E-state index in [1.165, 1.54) is 12.1 Å². The normalized spacial score (nSPS) is 11.2. The van der Waals surface area contributed by atoms with Gasteiger partial charge >= 0.3 is 0 Å². The summed E-state index contributed by atoms with van der Waals surface area (Å²) in [6.07, 6.45) is 2.46. The molecular formula is C20H23N5O2S. The molecule has 0 radical (unpaired) electrons. The summed E-state index contributed by atoms with van der Waals surface area (Å²) < 4.78 is 22.6. The van der Waals surface area contributed by atoms with E-state index in [4.69, 9.17) is 5.14 Å². The highest BCUT2D eigenvalue weighted by atomic mass is 32.2. The Balaban J connectivity index is 1.63. The van der Waals surface area contributed by atoms with E-state index in [9.17, 15) is 8.42 Å². The smallest absolute Gasteiger partial charge is 0.238 e. The minimum atomic E-state index is -3.66. The molecule has 0 atom stereocenters. The highest BCUT2D eigenvalue weighted by Gasteiger charge is 2.10. The minimum absolute atomic E-state index is 0.116. The number of primary sulfonamides is 1. The Morgan fingerprint density at radius 3 is 2.39 bits per heavy atom. The third-order valence-corrected chi connectivity index (χ3v) is 5.17. The number of nitrogens with two attached hydrogens (primary N) is 1. The minimum Gasteiger partial charge on any atom is -0.370 e. The van der Waals surface area contributed by atoms with Crippen LogP contribution in [0.2, 0.25) is 0 Å². The molecule has 7 nitrogen and oxygen atoms in total. The van der Waals surface area contributed by atoms with Gasteiger partial charge in [0.1, 0.15) is 5.82 Å². The van der Waals surface area contributed by atoms with Gasteiger partial charge in [-0.05, 0) is 49.2 Å². The van der Waals surface area contributed by atoms with Crippen LogP contribution >= 0.6 is 0 Å². The lowest BCUT2D eigenvalue weighted by Gasteiger charge is -2.21. The van der Waals surface area contributed by atoms with E-state index in [2.05, 4.69) is 22.2 Å². The van der Waals surface area contributed by atoms with Gasteiger partial charge in [-0.2, -0.15) is 4.98 Å². The van der Waals surface area contributed by atoms with Crippen molar-refractivity contribution in [3.05, 3.63) is 72.4 Å². The van der Waals surface area contributed by atoms with E-state index in [1.54, 1.807) is 18.3 Å². The number of nitrogens with zero attached hydrogens (tertiary/aromatic N) is 3. The van der Waals surface area contributed by atoms with Gasteiger partial charge in [-0.15, -0.1) is 0 Å². The summed E-state index contributed by atoms with van der Waals surface area (Å²) in [5, 5.41) is 8.40. The molecule has 0 aliphatic heterocycles. The Morgan fingerprint density at radius 2 is 1.75 bits per heavy atom. The van der Waals surface area contributed by atoms with Gasteiger partial charge in [-0.3, -0.25) is 0 Å². The average Bonchev–Trinajstić information content (AvgIpc) is 2.70. The lowest BCUT2D eigenvalue weighted by molar-refractivity contribution is 0.598. The number of benzene rings is 2. The second kappa shape index (κ2) is 8.81. The molecule has 0 aliphatic carbocycles. The van der Waals surface area contributed by atoms with Crippen molar-refractivity contribution in [2.24, 2.45) is 5.14 Å². The first kappa shape index (κ1) is 19.8. The van der Waals surface area contributed by atoms with Crippen LogP contribution < -0.4 is 15.4 Å². The summed E-state index contributed by atoms with van der Waals surface area (Å²) in [4.78, 5) is 11.2. The summed E-state index contributed by atoms with van der Waals surface area (Å²) in [7, 11) is -3.66. The zero-order valence-electron chi connectivity index (χ0n) is 15.6. The van der Waals surface area contributed by atoms with Gasteiger partial charge in [-0.25, -0.2) is 18.5 Å². The lowest BCUT2D eigenvalue weighted by Crippen LogP contribution is -2.19. The Labute approximate surface area is 165 Å². The Morgan fingerprint density at radius 1 is 1.04 bits per heavy atom. The van der Waals surface area contributed by atoms with Crippen LogP contribution in [0.5, 0.6) is 0 Å². The van der Waals surface area contributed by atoms with E-state index in [0.717, 1.165) is 30.0 Å². The van der Waals surface area contributed by atoms with Crippen LogP contribution in [0.3, 0.4) is 0 Å². The number of rotatable bonds is 8. The van der Waals surface area contributed by atoms with Gasteiger partial charge < -0.3 is 10.2 Å². The first-order chi connectivity index (χ1) is 13.5. The highest BCUT2D eigenvalue weighted by Crippen LogP contribution is 2.22. The fraction of sp³-hybridized carbons (Fsp3) is 0.200. The maximum Gasteiger partial charge on any atom is 0.238 e. The van der Waals surface area contributed by atoms with Gasteiger partial charge in [0.05, 0.1) is 4.90 Å². The predicted molar refractivity (Wildman–Crippen MR) is 111 cm³/mol. The van der Waals surface area contributed by atoms with Crippen LogP contribution in [0.15, 0.2) is 71.8 Å². The maximum absolute atomic E-state index is 11.3. The van der Waals surface area contributed by atoms with Crippen molar-refractivity contribution in [1.29, 1.82) is 0 Å². The molecule has 0 aliphatic rings. The quantitative estimate of drug-likeness (QED) is 0.606. The van der Waals surface area contributed by atoms with Crippen molar-refractivity contribution in [3.8, 4) is 0 Å². The molecule has 3 rings (SSSR count). The van der Waals surface area contributed by atoms with Crippen molar-refractivity contribution in [3.63, 3.8) is 0 Å². The topological polar surface area (TPSA) is 101 Å². The van der Waals surface area contributed by atoms with E-state index in [1.807, 2.05) is 41.3 Å². The number of para-hydroxylation sites is 1. The Bertz CT molecular complexity index is 1010. The number of aromatic nitrogens is 2. The van der Waals surface area contributed by atoms with E-state index >= 15 is 0 Å². The van der Waals surface area contributed by atoms with Crippen molar-refractivity contribution in [2.45, 2.75) is 18.2 Å². The number of anilines is 3. The van der Waals surface area contributed by atoms with Crippen LogP contribution in [0.4, 0.5) is 17.5 Å². The summed E-state index contributed by atoms with van der Waals surface area (Å²) >= 11 is 0. The highest BCUT2D eigenvalue weighted by molar-refractivity contribution is 7.89. The molecule has 1 heterocycles. The predicted octanol–water partition coefficient (Wildman–Crippen LogP) is 2.94. The second-order valence-corrected chi connectivity index (χ2v) is 7.75. The number of nitrogens with one attached hydrogen (secondary N) is 1. The maximum atomic E-state index is 11.3. The molecular weight excluding hydrogens is 374 g/mol. The van der Waals surface area contributed by atoms with Crippen molar-refractivity contribution in [1.82, 2.24) is 9.97 Å². The van der Waals surface area contributed by atoms with Crippen LogP contribution in [-0.2, 0) is 16.4 Å². The summed E-state index contributed by atoms with van der Waals surface area (Å²) in [6, 6.07) is 18.4. The van der Waals surface area contributed by atoms with Crippen molar-refractivity contribution < 1.29 is 8.42 Å². The van der Waals surface area contributed by atoms with Gasteiger partial charge in [0.15, 0.2) is 0 Å². The first-order valence-corrected chi connectivity index (χ1v) is 10.5. The van der Waals surface area contributed by atoms with Gasteiger partial charge in [0.25, 0.3) is 0 Å². The van der Waals surface area contributed by atoms with Crippen LogP contribution in [0.1, 0.15) is 12.5 Å².